The van der Waals surface area contributed by atoms with Gasteiger partial charge in [-0.05, 0) is 20.3 Å². The zero-order valence-electron chi connectivity index (χ0n) is 12.3. The van der Waals surface area contributed by atoms with Crippen molar-refractivity contribution in [1.82, 2.24) is 19.7 Å². The number of hydrogen-bond acceptors (Lipinski definition) is 5. The van der Waals surface area contributed by atoms with Gasteiger partial charge in [-0.1, -0.05) is 6.92 Å². The molecule has 2 aromatic heterocycles. The molecule has 0 aromatic carbocycles. The van der Waals surface area contributed by atoms with Crippen LogP contribution in [0, 0.1) is 0 Å². The van der Waals surface area contributed by atoms with E-state index in [0.29, 0.717) is 11.6 Å². The van der Waals surface area contributed by atoms with Crippen LogP contribution in [0.25, 0.3) is 0 Å². The van der Waals surface area contributed by atoms with Gasteiger partial charge in [-0.3, -0.25) is 4.68 Å². The fourth-order valence-electron chi connectivity index (χ4n) is 1.82. The standard InChI is InChI=1S/C14H21N5O/c1-4-7-12-17-13(15-5-2)8-14(18-12)20-11-9-16-19(6-3)10-11/h8-10H,4-7H2,1-3H3,(H,15,17,18). The van der Waals surface area contributed by atoms with Crippen molar-refractivity contribution in [3.63, 3.8) is 0 Å². The lowest BCUT2D eigenvalue weighted by Crippen LogP contribution is -2.04. The third-order valence-corrected chi connectivity index (χ3v) is 2.74. The molecule has 0 aliphatic carbocycles. The summed E-state index contributed by atoms with van der Waals surface area (Å²) in [5, 5.41) is 7.38. The Morgan fingerprint density at radius 3 is 2.75 bits per heavy atom. The number of aryl methyl sites for hydroxylation is 2. The molecular formula is C14H21N5O. The second-order valence-corrected chi connectivity index (χ2v) is 4.42. The Kier molecular flexibility index (Phi) is 4.92. The molecule has 6 nitrogen and oxygen atoms in total. The second-order valence-electron chi connectivity index (χ2n) is 4.42. The van der Waals surface area contributed by atoms with Crippen molar-refractivity contribution in [1.29, 1.82) is 0 Å². The summed E-state index contributed by atoms with van der Waals surface area (Å²) < 4.78 is 7.57. The average Bonchev–Trinajstić information content (AvgIpc) is 2.87. The van der Waals surface area contributed by atoms with Crippen LogP contribution < -0.4 is 10.1 Å². The lowest BCUT2D eigenvalue weighted by atomic mass is 10.3. The molecule has 0 bridgehead atoms. The quantitative estimate of drug-likeness (QED) is 0.841. The molecule has 2 heterocycles. The largest absolute Gasteiger partial charge is 0.436 e. The Balaban J connectivity index is 2.20. The van der Waals surface area contributed by atoms with Crippen LogP contribution in [0.2, 0.25) is 0 Å². The van der Waals surface area contributed by atoms with Gasteiger partial charge in [0.25, 0.3) is 0 Å². The van der Waals surface area contributed by atoms with E-state index in [0.717, 1.165) is 37.6 Å². The zero-order valence-corrected chi connectivity index (χ0v) is 12.3. The maximum Gasteiger partial charge on any atom is 0.224 e. The Labute approximate surface area is 119 Å². The van der Waals surface area contributed by atoms with Crippen LogP contribution in [0.4, 0.5) is 5.82 Å². The normalized spacial score (nSPS) is 10.6. The van der Waals surface area contributed by atoms with Gasteiger partial charge in [0.1, 0.15) is 11.6 Å². The molecule has 2 rings (SSSR count). The molecule has 0 saturated carbocycles. The molecule has 0 aliphatic rings. The Morgan fingerprint density at radius 1 is 1.25 bits per heavy atom. The number of rotatable bonds is 7. The van der Waals surface area contributed by atoms with Gasteiger partial charge in [-0.2, -0.15) is 10.1 Å². The van der Waals surface area contributed by atoms with Crippen molar-refractivity contribution >= 4 is 5.82 Å². The molecule has 0 saturated heterocycles. The first-order chi connectivity index (χ1) is 9.75. The third-order valence-electron chi connectivity index (χ3n) is 2.74. The Morgan fingerprint density at radius 2 is 2.10 bits per heavy atom. The van der Waals surface area contributed by atoms with Crippen molar-refractivity contribution in [3.05, 3.63) is 24.3 Å². The lowest BCUT2D eigenvalue weighted by molar-refractivity contribution is 0.457. The minimum absolute atomic E-state index is 0.551. The van der Waals surface area contributed by atoms with Crippen molar-refractivity contribution in [2.24, 2.45) is 0 Å². The fourth-order valence-corrected chi connectivity index (χ4v) is 1.82. The van der Waals surface area contributed by atoms with Gasteiger partial charge in [0.05, 0.1) is 12.4 Å². The molecule has 0 aliphatic heterocycles. The van der Waals surface area contributed by atoms with E-state index in [1.54, 1.807) is 6.20 Å². The van der Waals surface area contributed by atoms with Gasteiger partial charge < -0.3 is 10.1 Å². The zero-order chi connectivity index (χ0) is 14.4. The summed E-state index contributed by atoms with van der Waals surface area (Å²) in [6.07, 6.45) is 5.39. The van der Waals surface area contributed by atoms with Gasteiger partial charge in [0, 0.05) is 25.6 Å². The minimum atomic E-state index is 0.551. The first kappa shape index (κ1) is 14.3. The topological polar surface area (TPSA) is 64.9 Å². The molecule has 0 unspecified atom stereocenters. The van der Waals surface area contributed by atoms with Crippen LogP contribution in [-0.2, 0) is 13.0 Å². The van der Waals surface area contributed by atoms with Crippen molar-refractivity contribution in [2.75, 3.05) is 11.9 Å². The van der Waals surface area contributed by atoms with E-state index >= 15 is 0 Å². The minimum Gasteiger partial charge on any atom is -0.436 e. The summed E-state index contributed by atoms with van der Waals surface area (Å²) in [7, 11) is 0. The predicted molar refractivity (Wildman–Crippen MR) is 78.2 cm³/mol. The fraction of sp³-hybridized carbons (Fsp3) is 0.500. The maximum absolute atomic E-state index is 5.76. The van der Waals surface area contributed by atoms with E-state index in [1.807, 2.05) is 30.8 Å². The lowest BCUT2D eigenvalue weighted by Gasteiger charge is -2.08. The molecule has 0 atom stereocenters. The van der Waals surface area contributed by atoms with E-state index in [9.17, 15) is 0 Å². The van der Waals surface area contributed by atoms with Crippen LogP contribution in [0.3, 0.4) is 0 Å². The van der Waals surface area contributed by atoms with Crippen LogP contribution in [0.5, 0.6) is 11.6 Å². The van der Waals surface area contributed by atoms with Gasteiger partial charge in [-0.25, -0.2) is 4.98 Å². The summed E-state index contributed by atoms with van der Waals surface area (Å²) in [6.45, 7) is 7.80. The molecule has 6 heteroatoms. The molecular weight excluding hydrogens is 254 g/mol. The highest BCUT2D eigenvalue weighted by molar-refractivity contribution is 5.39. The van der Waals surface area contributed by atoms with Crippen LogP contribution in [0.15, 0.2) is 18.5 Å². The number of anilines is 1. The van der Waals surface area contributed by atoms with Crippen LogP contribution in [-0.4, -0.2) is 26.3 Å². The van der Waals surface area contributed by atoms with Crippen LogP contribution in [0.1, 0.15) is 33.0 Å². The third kappa shape index (κ3) is 3.69. The molecule has 0 radical (unpaired) electrons. The summed E-state index contributed by atoms with van der Waals surface area (Å²) in [5.41, 5.74) is 0. The first-order valence-corrected chi connectivity index (χ1v) is 7.07. The molecule has 20 heavy (non-hydrogen) atoms. The van der Waals surface area contributed by atoms with Gasteiger partial charge in [0.15, 0.2) is 5.75 Å². The Hall–Kier alpha value is -2.11. The molecule has 0 fully saturated rings. The number of nitrogens with one attached hydrogen (secondary N) is 1. The van der Waals surface area contributed by atoms with Gasteiger partial charge in [0.2, 0.25) is 5.88 Å². The highest BCUT2D eigenvalue weighted by Crippen LogP contribution is 2.21. The first-order valence-electron chi connectivity index (χ1n) is 7.07. The van der Waals surface area contributed by atoms with Gasteiger partial charge >= 0.3 is 0 Å². The molecule has 1 N–H and O–H groups in total. The SMILES string of the molecule is CCCc1nc(NCC)cc(Oc2cnn(CC)c2)n1. The summed E-state index contributed by atoms with van der Waals surface area (Å²) >= 11 is 0. The summed E-state index contributed by atoms with van der Waals surface area (Å²) in [5.74, 6) is 2.83. The number of aromatic nitrogens is 4. The molecule has 0 spiro atoms. The number of hydrogen-bond donors (Lipinski definition) is 1. The highest BCUT2D eigenvalue weighted by Gasteiger charge is 2.07. The molecule has 108 valence electrons. The van der Waals surface area contributed by atoms with Crippen LogP contribution >= 0.6 is 0 Å². The van der Waals surface area contributed by atoms with Crippen molar-refractivity contribution in [2.45, 2.75) is 40.2 Å². The molecule has 0 amide bonds. The number of nitrogens with zero attached hydrogens (tertiary/aromatic N) is 4. The summed E-state index contributed by atoms with van der Waals surface area (Å²) in [6, 6.07) is 1.81. The smallest absolute Gasteiger partial charge is 0.224 e. The van der Waals surface area contributed by atoms with Gasteiger partial charge in [-0.15, -0.1) is 0 Å². The van der Waals surface area contributed by atoms with E-state index in [-0.39, 0.29) is 0 Å². The second kappa shape index (κ2) is 6.88. The monoisotopic (exact) mass is 275 g/mol. The predicted octanol–water partition coefficient (Wildman–Crippen LogP) is 2.87. The van der Waals surface area contributed by atoms with Crippen molar-refractivity contribution in [3.8, 4) is 11.6 Å². The number of ether oxygens (including phenoxy) is 1. The van der Waals surface area contributed by atoms with E-state index in [4.69, 9.17) is 4.74 Å². The van der Waals surface area contributed by atoms with E-state index in [1.165, 1.54) is 0 Å². The average molecular weight is 275 g/mol. The van der Waals surface area contributed by atoms with E-state index in [2.05, 4.69) is 27.3 Å². The Bertz CT molecular complexity index is 528. The molecule has 2 aromatic rings. The van der Waals surface area contributed by atoms with Crippen molar-refractivity contribution < 1.29 is 4.74 Å². The highest BCUT2D eigenvalue weighted by atomic mass is 16.5. The summed E-state index contributed by atoms with van der Waals surface area (Å²) in [4.78, 5) is 8.88. The van der Waals surface area contributed by atoms with E-state index < -0.39 is 0 Å². The maximum atomic E-state index is 5.76.